The first-order chi connectivity index (χ1) is 14.2. The maximum Gasteiger partial charge on any atom is 0.270 e. The molecule has 0 saturated carbocycles. The Balaban J connectivity index is 1.33. The summed E-state index contributed by atoms with van der Waals surface area (Å²) in [6.07, 6.45) is 6.46. The summed E-state index contributed by atoms with van der Waals surface area (Å²) in [6, 6.07) is 12.4. The third-order valence-electron chi connectivity index (χ3n) is 6.40. The monoisotopic (exact) mass is 395 g/mol. The van der Waals surface area contributed by atoms with Gasteiger partial charge in [0.15, 0.2) is 0 Å². The van der Waals surface area contributed by atoms with Crippen LogP contribution in [0.15, 0.2) is 42.6 Å². The molecule has 2 fully saturated rings. The molecule has 156 valence electrons. The highest BCUT2D eigenvalue weighted by Crippen LogP contribution is 2.23. The van der Waals surface area contributed by atoms with Crippen molar-refractivity contribution in [1.82, 2.24) is 14.8 Å². The number of amides is 1. The number of ether oxygens (including phenoxy) is 1. The largest absolute Gasteiger partial charge is 0.376 e. The van der Waals surface area contributed by atoms with Gasteiger partial charge in [0.2, 0.25) is 0 Å². The summed E-state index contributed by atoms with van der Waals surface area (Å²) >= 11 is 0. The molecule has 3 heterocycles. The van der Waals surface area contributed by atoms with E-state index in [9.17, 15) is 4.79 Å². The van der Waals surface area contributed by atoms with Crippen molar-refractivity contribution in [1.29, 1.82) is 0 Å². The van der Waals surface area contributed by atoms with Crippen LogP contribution in [-0.2, 0) is 11.3 Å². The van der Waals surface area contributed by atoms with Crippen LogP contribution in [0.2, 0.25) is 0 Å². The smallest absolute Gasteiger partial charge is 0.270 e. The summed E-state index contributed by atoms with van der Waals surface area (Å²) in [6.45, 7) is 7.79. The lowest BCUT2D eigenvalue weighted by Crippen LogP contribution is -2.43. The first kappa shape index (κ1) is 20.2. The number of carbonyl (C=O) groups excluding carboxylic acids is 1. The van der Waals surface area contributed by atoms with Gasteiger partial charge < -0.3 is 14.6 Å². The Morgan fingerprint density at radius 3 is 2.66 bits per heavy atom. The standard InChI is InChI=1S/C24H33N3O2/c1-19-6-2-3-7-21(19)17-26-13-10-20(11-14-26)16-27(18-22-8-5-15-29-22)24(28)23-9-4-12-25-23/h2-4,6-7,9,12,20,22,25H,5,8,10-11,13-18H2,1H3/t22-/m1/s1. The summed E-state index contributed by atoms with van der Waals surface area (Å²) in [5, 5.41) is 0. The van der Waals surface area contributed by atoms with Crippen molar-refractivity contribution in [2.75, 3.05) is 32.8 Å². The number of aryl methyl sites for hydroxylation is 1. The number of carbonyl (C=O) groups is 1. The van der Waals surface area contributed by atoms with Crippen LogP contribution in [-0.4, -0.2) is 59.6 Å². The number of aromatic nitrogens is 1. The second kappa shape index (κ2) is 9.59. The second-order valence-corrected chi connectivity index (χ2v) is 8.57. The number of H-pyrrole nitrogens is 1. The zero-order valence-electron chi connectivity index (χ0n) is 17.5. The fraction of sp³-hybridized carbons (Fsp3) is 0.542. The van der Waals surface area contributed by atoms with Gasteiger partial charge in [-0.05, 0) is 74.9 Å². The van der Waals surface area contributed by atoms with Gasteiger partial charge in [0.05, 0.1) is 6.10 Å². The highest BCUT2D eigenvalue weighted by atomic mass is 16.5. The Kier molecular flexibility index (Phi) is 6.67. The van der Waals surface area contributed by atoms with Gasteiger partial charge in [0, 0.05) is 32.4 Å². The normalized spacial score (nSPS) is 20.8. The van der Waals surface area contributed by atoms with E-state index >= 15 is 0 Å². The Bertz CT molecular complexity index is 775. The van der Waals surface area contributed by atoms with Crippen LogP contribution in [0.3, 0.4) is 0 Å². The van der Waals surface area contributed by atoms with E-state index in [0.717, 1.165) is 58.5 Å². The average Bonchev–Trinajstić information content (AvgIpc) is 3.44. The van der Waals surface area contributed by atoms with Crippen LogP contribution in [0.5, 0.6) is 0 Å². The maximum absolute atomic E-state index is 13.0. The summed E-state index contributed by atoms with van der Waals surface area (Å²) in [5.41, 5.74) is 3.47. The Hall–Kier alpha value is -2.11. The van der Waals surface area contributed by atoms with E-state index < -0.39 is 0 Å². The molecule has 5 nitrogen and oxygen atoms in total. The molecule has 0 spiro atoms. The van der Waals surface area contributed by atoms with Crippen molar-refractivity contribution in [2.45, 2.75) is 45.3 Å². The van der Waals surface area contributed by atoms with Crippen LogP contribution in [0, 0.1) is 12.8 Å². The predicted octanol–water partition coefficient (Wildman–Crippen LogP) is 3.86. The molecule has 2 saturated heterocycles. The number of piperidine rings is 1. The van der Waals surface area contributed by atoms with E-state index in [2.05, 4.69) is 41.1 Å². The van der Waals surface area contributed by atoms with E-state index in [-0.39, 0.29) is 12.0 Å². The zero-order chi connectivity index (χ0) is 20.1. The van der Waals surface area contributed by atoms with Gasteiger partial charge in [-0.3, -0.25) is 9.69 Å². The third kappa shape index (κ3) is 5.28. The van der Waals surface area contributed by atoms with E-state index in [0.29, 0.717) is 18.2 Å². The molecule has 2 aliphatic heterocycles. The third-order valence-corrected chi connectivity index (χ3v) is 6.40. The van der Waals surface area contributed by atoms with Crippen LogP contribution >= 0.6 is 0 Å². The highest BCUT2D eigenvalue weighted by Gasteiger charge is 2.28. The molecule has 0 unspecified atom stereocenters. The minimum atomic E-state index is 0.104. The number of benzene rings is 1. The molecular weight excluding hydrogens is 362 g/mol. The fourth-order valence-corrected chi connectivity index (χ4v) is 4.58. The SMILES string of the molecule is Cc1ccccc1CN1CCC(CN(C[C@H]2CCCO2)C(=O)c2ccc[nH]2)CC1. The Labute approximate surface area is 174 Å². The number of hydrogen-bond donors (Lipinski definition) is 1. The van der Waals surface area contributed by atoms with Crippen molar-refractivity contribution in [2.24, 2.45) is 5.92 Å². The van der Waals surface area contributed by atoms with Gasteiger partial charge in [0.25, 0.3) is 5.91 Å². The lowest BCUT2D eigenvalue weighted by Gasteiger charge is -2.35. The van der Waals surface area contributed by atoms with Gasteiger partial charge in [0.1, 0.15) is 5.69 Å². The first-order valence-corrected chi connectivity index (χ1v) is 11.0. The summed E-state index contributed by atoms with van der Waals surface area (Å²) in [7, 11) is 0. The number of rotatable bonds is 7. The molecule has 0 bridgehead atoms. The van der Waals surface area contributed by atoms with Gasteiger partial charge in [-0.2, -0.15) is 0 Å². The van der Waals surface area contributed by atoms with E-state index in [4.69, 9.17) is 4.74 Å². The number of aromatic amines is 1. The molecule has 1 atom stereocenters. The van der Waals surface area contributed by atoms with Gasteiger partial charge >= 0.3 is 0 Å². The quantitative estimate of drug-likeness (QED) is 0.775. The molecule has 1 aromatic carbocycles. The predicted molar refractivity (Wildman–Crippen MR) is 115 cm³/mol. The molecule has 0 aliphatic carbocycles. The summed E-state index contributed by atoms with van der Waals surface area (Å²) < 4.78 is 5.82. The topological polar surface area (TPSA) is 48.6 Å². The molecule has 1 N–H and O–H groups in total. The minimum Gasteiger partial charge on any atom is -0.376 e. The Morgan fingerprint density at radius 2 is 1.97 bits per heavy atom. The maximum atomic E-state index is 13.0. The van der Waals surface area contributed by atoms with Crippen molar-refractivity contribution < 1.29 is 9.53 Å². The molecule has 2 aromatic rings. The molecule has 2 aliphatic rings. The number of nitrogens with one attached hydrogen (secondary N) is 1. The Morgan fingerprint density at radius 1 is 1.14 bits per heavy atom. The van der Waals surface area contributed by atoms with Crippen LogP contribution in [0.4, 0.5) is 0 Å². The summed E-state index contributed by atoms with van der Waals surface area (Å²) in [5.74, 6) is 0.663. The van der Waals surface area contributed by atoms with Crippen LogP contribution in [0.1, 0.15) is 47.3 Å². The first-order valence-electron chi connectivity index (χ1n) is 11.0. The van der Waals surface area contributed by atoms with Crippen LogP contribution in [0.25, 0.3) is 0 Å². The number of hydrogen-bond acceptors (Lipinski definition) is 3. The molecule has 5 heteroatoms. The lowest BCUT2D eigenvalue weighted by molar-refractivity contribution is 0.0441. The zero-order valence-corrected chi connectivity index (χ0v) is 17.5. The van der Waals surface area contributed by atoms with Crippen molar-refractivity contribution in [3.8, 4) is 0 Å². The molecule has 4 rings (SSSR count). The van der Waals surface area contributed by atoms with Gasteiger partial charge in [-0.25, -0.2) is 0 Å². The molecule has 1 amide bonds. The van der Waals surface area contributed by atoms with Crippen LogP contribution < -0.4 is 0 Å². The molecule has 1 aromatic heterocycles. The van der Waals surface area contributed by atoms with Crippen molar-refractivity contribution in [3.05, 3.63) is 59.4 Å². The molecular formula is C24H33N3O2. The van der Waals surface area contributed by atoms with Gasteiger partial charge in [-0.1, -0.05) is 24.3 Å². The summed E-state index contributed by atoms with van der Waals surface area (Å²) in [4.78, 5) is 20.7. The lowest BCUT2D eigenvalue weighted by atomic mass is 9.95. The molecule has 29 heavy (non-hydrogen) atoms. The van der Waals surface area contributed by atoms with Crippen molar-refractivity contribution >= 4 is 5.91 Å². The van der Waals surface area contributed by atoms with E-state index in [1.807, 2.05) is 23.2 Å². The minimum absolute atomic E-state index is 0.104. The molecule has 0 radical (unpaired) electrons. The van der Waals surface area contributed by atoms with Gasteiger partial charge in [-0.15, -0.1) is 0 Å². The fourth-order valence-electron chi connectivity index (χ4n) is 4.58. The second-order valence-electron chi connectivity index (χ2n) is 8.57. The van der Waals surface area contributed by atoms with Crippen molar-refractivity contribution in [3.63, 3.8) is 0 Å². The van der Waals surface area contributed by atoms with E-state index in [1.165, 1.54) is 11.1 Å². The average molecular weight is 396 g/mol. The van der Waals surface area contributed by atoms with E-state index in [1.54, 1.807) is 0 Å². The highest BCUT2D eigenvalue weighted by molar-refractivity contribution is 5.92. The number of likely N-dealkylation sites (tertiary alicyclic amines) is 1. The number of nitrogens with zero attached hydrogens (tertiary/aromatic N) is 2.